The lowest BCUT2D eigenvalue weighted by Crippen LogP contribution is -2.40. The first-order valence-corrected chi connectivity index (χ1v) is 10.7. The smallest absolute Gasteiger partial charge is 0.326 e. The number of nitrogens with one attached hydrogen (secondary N) is 1. The van der Waals surface area contributed by atoms with Gasteiger partial charge in [-0.25, -0.2) is 4.79 Å². The van der Waals surface area contributed by atoms with Crippen molar-refractivity contribution in [3.05, 3.63) is 48.6 Å². The van der Waals surface area contributed by atoms with E-state index in [9.17, 15) is 9.59 Å². The van der Waals surface area contributed by atoms with Crippen molar-refractivity contribution in [1.82, 2.24) is 5.32 Å². The zero-order valence-corrected chi connectivity index (χ0v) is 17.7. The first kappa shape index (κ1) is 25.9. The zero-order chi connectivity index (χ0) is 20.9. The monoisotopic (exact) mass is 389 g/mol. The Morgan fingerprint density at radius 1 is 0.786 bits per heavy atom. The Kier molecular flexibility index (Phi) is 18.2. The molecule has 1 atom stereocenters. The third-order valence-electron chi connectivity index (χ3n) is 4.27. The largest absolute Gasteiger partial charge is 0.480 e. The molecule has 0 bridgehead atoms. The van der Waals surface area contributed by atoms with E-state index in [-0.39, 0.29) is 5.91 Å². The van der Waals surface area contributed by atoms with Crippen LogP contribution in [0.3, 0.4) is 0 Å². The molecular weight excluding hydrogens is 350 g/mol. The lowest BCUT2D eigenvalue weighted by Gasteiger charge is -2.11. The summed E-state index contributed by atoms with van der Waals surface area (Å²) in [6.45, 7) is 3.97. The SMILES string of the molecule is CCCCC/C=C\C/C=C\C/C=C\C/C=C\CCCC(=O)NC(CC)C(=O)O. The van der Waals surface area contributed by atoms with Gasteiger partial charge < -0.3 is 10.4 Å². The first-order chi connectivity index (χ1) is 13.6. The molecule has 1 unspecified atom stereocenters. The molecule has 4 nitrogen and oxygen atoms in total. The Hall–Kier alpha value is -2.10. The lowest BCUT2D eigenvalue weighted by molar-refractivity contribution is -0.141. The van der Waals surface area contributed by atoms with Crippen LogP contribution < -0.4 is 5.32 Å². The third-order valence-corrected chi connectivity index (χ3v) is 4.27. The average molecular weight is 390 g/mol. The van der Waals surface area contributed by atoms with E-state index in [4.69, 9.17) is 5.11 Å². The molecule has 158 valence electrons. The van der Waals surface area contributed by atoms with Crippen LogP contribution in [0.1, 0.15) is 84.5 Å². The molecule has 0 aromatic rings. The Morgan fingerprint density at radius 3 is 1.75 bits per heavy atom. The number of carbonyl (C=O) groups excluding carboxylic acids is 1. The summed E-state index contributed by atoms with van der Waals surface area (Å²) < 4.78 is 0. The number of carbonyl (C=O) groups is 2. The number of allylic oxidation sites excluding steroid dienone is 8. The second-order valence-corrected chi connectivity index (χ2v) is 6.85. The van der Waals surface area contributed by atoms with Crippen molar-refractivity contribution in [2.24, 2.45) is 0 Å². The number of unbranched alkanes of at least 4 members (excludes halogenated alkanes) is 4. The topological polar surface area (TPSA) is 66.4 Å². The van der Waals surface area contributed by atoms with Crippen molar-refractivity contribution in [2.75, 3.05) is 0 Å². The van der Waals surface area contributed by atoms with Crippen molar-refractivity contribution in [2.45, 2.75) is 90.5 Å². The molecule has 0 aromatic carbocycles. The maximum absolute atomic E-state index is 11.7. The minimum atomic E-state index is -0.976. The van der Waals surface area contributed by atoms with Gasteiger partial charge in [-0.3, -0.25) is 4.79 Å². The van der Waals surface area contributed by atoms with E-state index in [0.717, 1.165) is 32.1 Å². The van der Waals surface area contributed by atoms with Gasteiger partial charge in [-0.15, -0.1) is 0 Å². The molecule has 2 N–H and O–H groups in total. The summed E-state index contributed by atoms with van der Waals surface area (Å²) in [5.74, 6) is -1.17. The Bertz CT molecular complexity index is 518. The maximum Gasteiger partial charge on any atom is 0.326 e. The lowest BCUT2D eigenvalue weighted by atomic mass is 10.2. The van der Waals surface area contributed by atoms with Gasteiger partial charge in [0.05, 0.1) is 0 Å². The van der Waals surface area contributed by atoms with Gasteiger partial charge in [0.25, 0.3) is 0 Å². The Balaban J connectivity index is 3.62. The Labute approximate surface area is 171 Å². The summed E-state index contributed by atoms with van der Waals surface area (Å²) >= 11 is 0. The second kappa shape index (κ2) is 19.7. The fourth-order valence-electron chi connectivity index (χ4n) is 2.55. The number of rotatable bonds is 17. The molecular formula is C24H39NO3. The predicted octanol–water partition coefficient (Wildman–Crippen LogP) is 6.11. The summed E-state index contributed by atoms with van der Waals surface area (Å²) in [5, 5.41) is 11.4. The van der Waals surface area contributed by atoms with E-state index >= 15 is 0 Å². The fourth-order valence-corrected chi connectivity index (χ4v) is 2.55. The summed E-state index contributed by atoms with van der Waals surface area (Å²) in [6, 6.07) is -0.774. The van der Waals surface area contributed by atoms with Crippen LogP contribution in [0.5, 0.6) is 0 Å². The van der Waals surface area contributed by atoms with E-state index in [0.29, 0.717) is 12.8 Å². The standard InChI is InChI=1S/C24H39NO3/c1-3-5-6-7-8-9-10-11-12-13-14-15-16-17-18-19-20-21-23(26)25-22(4-2)24(27)28/h8-9,11-12,14-15,17-18,22H,3-7,10,13,16,19-21H2,1-2H3,(H,25,26)(H,27,28)/b9-8-,12-11-,15-14-,18-17-. The van der Waals surface area contributed by atoms with Crippen LogP contribution in [0.15, 0.2) is 48.6 Å². The summed E-state index contributed by atoms with van der Waals surface area (Å²) in [4.78, 5) is 22.5. The van der Waals surface area contributed by atoms with Gasteiger partial charge in [-0.2, -0.15) is 0 Å². The van der Waals surface area contributed by atoms with Crippen molar-refractivity contribution < 1.29 is 14.7 Å². The molecule has 4 heteroatoms. The summed E-state index contributed by atoms with van der Waals surface area (Å²) in [6.07, 6.45) is 27.7. The number of hydrogen-bond donors (Lipinski definition) is 2. The van der Waals surface area contributed by atoms with Crippen LogP contribution >= 0.6 is 0 Å². The van der Waals surface area contributed by atoms with E-state index in [1.54, 1.807) is 6.92 Å². The molecule has 0 saturated carbocycles. The number of carboxylic acids is 1. The van der Waals surface area contributed by atoms with Crippen molar-refractivity contribution in [3.63, 3.8) is 0 Å². The predicted molar refractivity (Wildman–Crippen MR) is 118 cm³/mol. The van der Waals surface area contributed by atoms with Gasteiger partial charge in [0.1, 0.15) is 6.04 Å². The molecule has 28 heavy (non-hydrogen) atoms. The summed E-state index contributed by atoms with van der Waals surface area (Å²) in [7, 11) is 0. The minimum Gasteiger partial charge on any atom is -0.480 e. The van der Waals surface area contributed by atoms with E-state index < -0.39 is 12.0 Å². The van der Waals surface area contributed by atoms with Gasteiger partial charge in [-0.05, 0) is 51.4 Å². The zero-order valence-electron chi connectivity index (χ0n) is 17.7. The molecule has 0 fully saturated rings. The number of amides is 1. The molecule has 0 aliphatic heterocycles. The van der Waals surface area contributed by atoms with Gasteiger partial charge >= 0.3 is 5.97 Å². The molecule has 0 heterocycles. The van der Waals surface area contributed by atoms with Gasteiger partial charge in [0, 0.05) is 6.42 Å². The van der Waals surface area contributed by atoms with E-state index in [2.05, 4.69) is 60.8 Å². The molecule has 0 radical (unpaired) electrons. The first-order valence-electron chi connectivity index (χ1n) is 10.7. The van der Waals surface area contributed by atoms with Crippen LogP contribution in [-0.4, -0.2) is 23.0 Å². The van der Waals surface area contributed by atoms with Crippen LogP contribution in [0, 0.1) is 0 Å². The molecule has 0 aromatic heterocycles. The van der Waals surface area contributed by atoms with Crippen LogP contribution in [0.2, 0.25) is 0 Å². The van der Waals surface area contributed by atoms with Crippen molar-refractivity contribution in [3.8, 4) is 0 Å². The molecule has 0 aliphatic carbocycles. The van der Waals surface area contributed by atoms with Crippen LogP contribution in [-0.2, 0) is 9.59 Å². The number of hydrogen-bond acceptors (Lipinski definition) is 2. The van der Waals surface area contributed by atoms with E-state index in [1.807, 2.05) is 0 Å². The summed E-state index contributed by atoms with van der Waals surface area (Å²) in [5.41, 5.74) is 0. The molecule has 0 saturated heterocycles. The quantitative estimate of drug-likeness (QED) is 0.233. The van der Waals surface area contributed by atoms with Crippen molar-refractivity contribution in [1.29, 1.82) is 0 Å². The molecule has 1 amide bonds. The second-order valence-electron chi connectivity index (χ2n) is 6.85. The number of aliphatic carboxylic acids is 1. The Morgan fingerprint density at radius 2 is 1.29 bits per heavy atom. The molecule has 0 aliphatic rings. The van der Waals surface area contributed by atoms with Gasteiger partial charge in [-0.1, -0.05) is 75.3 Å². The molecule has 0 spiro atoms. The highest BCUT2D eigenvalue weighted by molar-refractivity contribution is 5.83. The van der Waals surface area contributed by atoms with Crippen LogP contribution in [0.4, 0.5) is 0 Å². The van der Waals surface area contributed by atoms with Crippen molar-refractivity contribution >= 4 is 11.9 Å². The van der Waals surface area contributed by atoms with Gasteiger partial charge in [0.15, 0.2) is 0 Å². The van der Waals surface area contributed by atoms with E-state index in [1.165, 1.54) is 25.7 Å². The highest BCUT2D eigenvalue weighted by atomic mass is 16.4. The molecule has 0 rings (SSSR count). The van der Waals surface area contributed by atoms with Gasteiger partial charge in [0.2, 0.25) is 5.91 Å². The normalized spacial score (nSPS) is 13.2. The average Bonchev–Trinajstić information content (AvgIpc) is 2.68. The maximum atomic E-state index is 11.7. The number of carboxylic acid groups (broad SMARTS) is 1. The van der Waals surface area contributed by atoms with Crippen LogP contribution in [0.25, 0.3) is 0 Å². The third kappa shape index (κ3) is 17.3. The minimum absolute atomic E-state index is 0.190. The highest BCUT2D eigenvalue weighted by Crippen LogP contribution is 2.02. The fraction of sp³-hybridized carbons (Fsp3) is 0.583. The highest BCUT2D eigenvalue weighted by Gasteiger charge is 2.16.